The van der Waals surface area contributed by atoms with Crippen molar-refractivity contribution < 1.29 is 9.84 Å². The molecule has 2 aromatic rings. The molecule has 1 aliphatic rings. The molecule has 1 aromatic carbocycles. The van der Waals surface area contributed by atoms with Gasteiger partial charge in [0.05, 0.1) is 18.4 Å². The zero-order valence-electron chi connectivity index (χ0n) is 17.9. The molecule has 29 heavy (non-hydrogen) atoms. The maximum absolute atomic E-state index is 10.1. The fourth-order valence-corrected chi connectivity index (χ4v) is 3.77. The summed E-state index contributed by atoms with van der Waals surface area (Å²) in [6.07, 6.45) is 8.00. The summed E-state index contributed by atoms with van der Waals surface area (Å²) >= 11 is 0. The van der Waals surface area contributed by atoms with Crippen molar-refractivity contribution in [3.8, 4) is 5.75 Å². The highest BCUT2D eigenvalue weighted by atomic mass is 16.5. The Kier molecular flexibility index (Phi) is 6.71. The Bertz CT molecular complexity index is 915. The number of nitrogens with zero attached hydrogens (tertiary/aromatic N) is 1. The molecule has 1 aromatic heterocycles. The second kappa shape index (κ2) is 9.23. The van der Waals surface area contributed by atoms with Crippen LogP contribution in [0.5, 0.6) is 5.75 Å². The van der Waals surface area contributed by atoms with Crippen LogP contribution in [0.25, 0.3) is 11.6 Å². The lowest BCUT2D eigenvalue weighted by Crippen LogP contribution is -2.13. The molecule has 0 fully saturated rings. The highest BCUT2D eigenvalue weighted by Gasteiger charge is 2.23. The number of pyridine rings is 1. The number of aryl methyl sites for hydroxylation is 2. The molecule has 0 aliphatic carbocycles. The van der Waals surface area contributed by atoms with Crippen molar-refractivity contribution in [2.24, 2.45) is 5.92 Å². The van der Waals surface area contributed by atoms with E-state index >= 15 is 0 Å². The second-order valence-corrected chi connectivity index (χ2v) is 8.09. The highest BCUT2D eigenvalue weighted by molar-refractivity contribution is 5.80. The monoisotopic (exact) mass is 389 g/mol. The number of hydrogen-bond acceptors (Lipinski definition) is 3. The van der Waals surface area contributed by atoms with Gasteiger partial charge in [-0.2, -0.15) is 0 Å². The molecule has 0 radical (unpaired) electrons. The zero-order chi connectivity index (χ0) is 21.0. The highest BCUT2D eigenvalue weighted by Crippen LogP contribution is 2.32. The van der Waals surface area contributed by atoms with E-state index in [2.05, 4.69) is 37.6 Å². The van der Waals surface area contributed by atoms with E-state index in [0.717, 1.165) is 35.2 Å². The van der Waals surface area contributed by atoms with Gasteiger partial charge >= 0.3 is 0 Å². The van der Waals surface area contributed by atoms with Crippen LogP contribution in [0.15, 0.2) is 60.3 Å². The molecule has 3 nitrogen and oxygen atoms in total. The minimum absolute atomic E-state index is 0.0836. The summed E-state index contributed by atoms with van der Waals surface area (Å²) in [6.45, 7) is 13.1. The van der Waals surface area contributed by atoms with Crippen molar-refractivity contribution in [1.29, 1.82) is 0 Å². The van der Waals surface area contributed by atoms with Crippen LogP contribution < -0.4 is 0 Å². The van der Waals surface area contributed by atoms with Crippen molar-refractivity contribution in [3.05, 3.63) is 82.7 Å². The first-order chi connectivity index (χ1) is 13.9. The molecule has 1 N–H and O–H groups in total. The number of benzene rings is 1. The first kappa shape index (κ1) is 21.1. The summed E-state index contributed by atoms with van der Waals surface area (Å²) in [7, 11) is 0. The van der Waals surface area contributed by atoms with E-state index in [0.29, 0.717) is 18.3 Å². The summed E-state index contributed by atoms with van der Waals surface area (Å²) in [6, 6.07) is 10.0. The topological polar surface area (TPSA) is 42.4 Å². The third kappa shape index (κ3) is 5.04. The number of rotatable bonds is 7. The van der Waals surface area contributed by atoms with E-state index in [-0.39, 0.29) is 6.10 Å². The van der Waals surface area contributed by atoms with Crippen molar-refractivity contribution in [2.75, 3.05) is 6.61 Å². The Morgan fingerprint density at radius 2 is 2.00 bits per heavy atom. The van der Waals surface area contributed by atoms with Crippen LogP contribution in [0.3, 0.4) is 0 Å². The van der Waals surface area contributed by atoms with Crippen molar-refractivity contribution >= 4 is 11.6 Å². The van der Waals surface area contributed by atoms with Crippen LogP contribution in [0, 0.1) is 19.8 Å². The lowest BCUT2D eigenvalue weighted by Gasteiger charge is -2.19. The molecule has 0 amide bonds. The normalized spacial score (nSPS) is 16.9. The van der Waals surface area contributed by atoms with E-state index in [1.807, 2.05) is 50.4 Å². The maximum Gasteiger partial charge on any atom is 0.121 e. The molecule has 1 aliphatic heterocycles. The Balaban J connectivity index is 1.86. The Hall–Kier alpha value is -2.65. The molecule has 3 heteroatoms. The van der Waals surface area contributed by atoms with Gasteiger partial charge in [-0.25, -0.2) is 0 Å². The van der Waals surface area contributed by atoms with Crippen molar-refractivity contribution in [3.63, 3.8) is 0 Å². The zero-order valence-corrected chi connectivity index (χ0v) is 17.9. The van der Waals surface area contributed by atoms with E-state index in [1.165, 1.54) is 16.7 Å². The molecular weight excluding hydrogens is 358 g/mol. The predicted octanol–water partition coefficient (Wildman–Crippen LogP) is 6.26. The van der Waals surface area contributed by atoms with Gasteiger partial charge in [0.15, 0.2) is 0 Å². The van der Waals surface area contributed by atoms with Crippen molar-refractivity contribution in [1.82, 2.24) is 4.98 Å². The minimum Gasteiger partial charge on any atom is -0.507 e. The summed E-state index contributed by atoms with van der Waals surface area (Å²) < 4.78 is 5.99. The van der Waals surface area contributed by atoms with Crippen LogP contribution in [0.2, 0.25) is 0 Å². The van der Waals surface area contributed by atoms with Crippen molar-refractivity contribution in [2.45, 2.75) is 46.6 Å². The van der Waals surface area contributed by atoms with Crippen LogP contribution in [0.4, 0.5) is 0 Å². The van der Waals surface area contributed by atoms with E-state index in [4.69, 9.17) is 4.74 Å². The summed E-state index contributed by atoms with van der Waals surface area (Å²) in [5.74, 6) is 0.780. The molecule has 1 unspecified atom stereocenters. The number of allylic oxidation sites excluding steroid dienone is 1. The molecule has 0 bridgehead atoms. The minimum atomic E-state index is 0.0836. The number of phenols is 1. The summed E-state index contributed by atoms with van der Waals surface area (Å²) in [4.78, 5) is 4.57. The van der Waals surface area contributed by atoms with Gasteiger partial charge in [0, 0.05) is 6.20 Å². The average Bonchev–Trinajstić information content (AvgIpc) is 3.17. The first-order valence-electron chi connectivity index (χ1n) is 10.3. The van der Waals surface area contributed by atoms with Crippen LogP contribution >= 0.6 is 0 Å². The lowest BCUT2D eigenvalue weighted by molar-refractivity contribution is 0.117. The van der Waals surface area contributed by atoms with Crippen LogP contribution in [-0.2, 0) is 4.74 Å². The Labute approximate surface area is 174 Å². The number of phenolic OH excluding ortho intramolecular Hbond substituents is 1. The number of hydrogen-bond donors (Lipinski definition) is 1. The SMILES string of the molecule is C=C(C1=CCOC1CC/C(=C/c1cc(C)c(O)c(C)c1)c1ccccn1)C(C)C. The smallest absolute Gasteiger partial charge is 0.121 e. The summed E-state index contributed by atoms with van der Waals surface area (Å²) in [5.41, 5.74) is 7.40. The van der Waals surface area contributed by atoms with Gasteiger partial charge in [0.25, 0.3) is 0 Å². The lowest BCUT2D eigenvalue weighted by atomic mass is 9.90. The molecule has 152 valence electrons. The molecule has 0 saturated carbocycles. The largest absolute Gasteiger partial charge is 0.507 e. The number of aromatic hydroxyl groups is 1. The Morgan fingerprint density at radius 3 is 2.62 bits per heavy atom. The maximum atomic E-state index is 10.1. The first-order valence-corrected chi connectivity index (χ1v) is 10.3. The van der Waals surface area contributed by atoms with Gasteiger partial charge < -0.3 is 9.84 Å². The summed E-state index contributed by atoms with van der Waals surface area (Å²) in [5, 5.41) is 10.1. The van der Waals surface area contributed by atoms with Gasteiger partial charge in [-0.05, 0) is 96.4 Å². The third-order valence-corrected chi connectivity index (χ3v) is 5.54. The molecule has 3 rings (SSSR count). The predicted molar refractivity (Wildman–Crippen MR) is 121 cm³/mol. The standard InChI is InChI=1S/C26H31NO2/c1-17(2)20(5)23-11-13-29-25(23)10-9-22(24-8-6-7-12-27-24)16-21-14-18(3)26(28)19(4)15-21/h6-8,11-12,14-17,25,28H,5,9-10,13H2,1-4H3/b22-16-. The second-order valence-electron chi connectivity index (χ2n) is 8.09. The fraction of sp³-hybridized carbons (Fsp3) is 0.346. The van der Waals surface area contributed by atoms with Crippen LogP contribution in [0.1, 0.15) is 49.1 Å². The Morgan fingerprint density at radius 1 is 1.28 bits per heavy atom. The van der Waals surface area contributed by atoms with E-state index in [9.17, 15) is 5.11 Å². The molecular formula is C26H31NO2. The van der Waals surface area contributed by atoms with Gasteiger partial charge in [-0.15, -0.1) is 0 Å². The van der Waals surface area contributed by atoms with Gasteiger partial charge in [-0.1, -0.05) is 32.6 Å². The molecule has 2 heterocycles. The average molecular weight is 390 g/mol. The quantitative estimate of drug-likeness (QED) is 0.607. The number of ether oxygens (including phenoxy) is 1. The van der Waals surface area contributed by atoms with Crippen LogP contribution in [-0.4, -0.2) is 22.8 Å². The molecule has 1 atom stereocenters. The van der Waals surface area contributed by atoms with Gasteiger partial charge in [-0.3, -0.25) is 4.98 Å². The third-order valence-electron chi connectivity index (χ3n) is 5.54. The number of aromatic nitrogens is 1. The molecule has 0 saturated heterocycles. The molecule has 0 spiro atoms. The van der Waals surface area contributed by atoms with E-state index in [1.54, 1.807) is 0 Å². The van der Waals surface area contributed by atoms with Gasteiger partial charge in [0.2, 0.25) is 0 Å². The fourth-order valence-electron chi connectivity index (χ4n) is 3.77. The van der Waals surface area contributed by atoms with E-state index < -0.39 is 0 Å². The van der Waals surface area contributed by atoms with Gasteiger partial charge in [0.1, 0.15) is 5.75 Å².